The highest BCUT2D eigenvalue weighted by atomic mass is 32.1. The Bertz CT molecular complexity index is 954. The molecule has 4 rings (SSSR count). The summed E-state index contributed by atoms with van der Waals surface area (Å²) in [6.45, 7) is 4.59. The smallest absolute Gasteiger partial charge is 0.256 e. The number of benzene rings is 1. The Labute approximate surface area is 137 Å². The van der Waals surface area contributed by atoms with Gasteiger partial charge in [-0.05, 0) is 38.1 Å². The Balaban J connectivity index is 1.64. The van der Waals surface area contributed by atoms with Gasteiger partial charge in [-0.15, -0.1) is 11.3 Å². The molecule has 0 spiro atoms. The third-order valence-corrected chi connectivity index (χ3v) is 5.10. The van der Waals surface area contributed by atoms with Crippen LogP contribution in [0, 0.1) is 13.8 Å². The Morgan fingerprint density at radius 1 is 1.13 bits per heavy atom. The number of pyridine rings is 1. The van der Waals surface area contributed by atoms with Crippen LogP contribution < -0.4 is 5.32 Å². The molecule has 0 saturated carbocycles. The second-order valence-electron chi connectivity index (χ2n) is 5.70. The first-order valence-electron chi connectivity index (χ1n) is 7.44. The van der Waals surface area contributed by atoms with Crippen molar-refractivity contribution in [1.82, 2.24) is 10.3 Å². The van der Waals surface area contributed by atoms with Crippen molar-refractivity contribution in [1.29, 1.82) is 0 Å². The van der Waals surface area contributed by atoms with Gasteiger partial charge < -0.3 is 5.32 Å². The summed E-state index contributed by atoms with van der Waals surface area (Å²) >= 11 is 1.59. The van der Waals surface area contributed by atoms with Crippen LogP contribution in [-0.4, -0.2) is 16.7 Å². The van der Waals surface area contributed by atoms with Gasteiger partial charge >= 0.3 is 0 Å². The Hall–Kier alpha value is -2.53. The van der Waals surface area contributed by atoms with E-state index in [2.05, 4.69) is 21.4 Å². The number of hydrogen-bond acceptors (Lipinski definition) is 4. The average molecular weight is 321 g/mol. The van der Waals surface area contributed by atoms with Crippen LogP contribution in [0.3, 0.4) is 0 Å². The molecule has 0 unspecified atom stereocenters. The lowest BCUT2D eigenvalue weighted by molar-refractivity contribution is 0.0977. The highest BCUT2D eigenvalue weighted by molar-refractivity contribution is 7.20. The van der Waals surface area contributed by atoms with Gasteiger partial charge in [0.15, 0.2) is 0 Å². The van der Waals surface area contributed by atoms with Crippen molar-refractivity contribution in [2.24, 2.45) is 4.99 Å². The van der Waals surface area contributed by atoms with Crippen molar-refractivity contribution in [2.75, 3.05) is 0 Å². The largest absolute Gasteiger partial charge is 0.306 e. The number of aliphatic imine (C=N–C) groups is 1. The molecule has 1 aromatic carbocycles. The standard InChI is InChI=1S/C18H15N3OS/c1-10-3-6-12(7-4-10)17(22)21-16-15-14(9-19-16)13-8-5-11(2)20-18(13)23-15/h3-8H,9H2,1-2H3,(H,19,21,22). The minimum Gasteiger partial charge on any atom is -0.306 e. The summed E-state index contributed by atoms with van der Waals surface area (Å²) in [7, 11) is 0. The Morgan fingerprint density at radius 2 is 1.91 bits per heavy atom. The van der Waals surface area contributed by atoms with Crippen molar-refractivity contribution in [2.45, 2.75) is 20.4 Å². The van der Waals surface area contributed by atoms with Crippen LogP contribution in [0.5, 0.6) is 0 Å². The van der Waals surface area contributed by atoms with Gasteiger partial charge in [0.25, 0.3) is 5.91 Å². The number of amidine groups is 1. The van der Waals surface area contributed by atoms with Gasteiger partial charge in [-0.3, -0.25) is 9.79 Å². The molecule has 1 aliphatic heterocycles. The zero-order valence-electron chi connectivity index (χ0n) is 12.9. The fourth-order valence-corrected chi connectivity index (χ4v) is 3.87. The van der Waals surface area contributed by atoms with E-state index in [4.69, 9.17) is 0 Å². The molecule has 0 saturated heterocycles. The van der Waals surface area contributed by atoms with Gasteiger partial charge in [0.2, 0.25) is 0 Å². The lowest BCUT2D eigenvalue weighted by Gasteiger charge is -2.04. The van der Waals surface area contributed by atoms with Crippen LogP contribution in [0.2, 0.25) is 0 Å². The first kappa shape index (κ1) is 14.1. The van der Waals surface area contributed by atoms with Crippen LogP contribution in [0.25, 0.3) is 10.2 Å². The highest BCUT2D eigenvalue weighted by Gasteiger charge is 2.24. The number of nitrogens with zero attached hydrogens (tertiary/aromatic N) is 2. The van der Waals surface area contributed by atoms with Gasteiger partial charge in [0.1, 0.15) is 10.7 Å². The zero-order valence-corrected chi connectivity index (χ0v) is 13.7. The van der Waals surface area contributed by atoms with E-state index in [0.29, 0.717) is 17.9 Å². The van der Waals surface area contributed by atoms with Gasteiger partial charge in [-0.25, -0.2) is 4.98 Å². The Morgan fingerprint density at radius 3 is 2.70 bits per heavy atom. The van der Waals surface area contributed by atoms with E-state index in [0.717, 1.165) is 31.9 Å². The van der Waals surface area contributed by atoms with Crippen LogP contribution in [0.4, 0.5) is 0 Å². The number of rotatable bonds is 1. The van der Waals surface area contributed by atoms with Gasteiger partial charge in [-0.2, -0.15) is 0 Å². The maximum Gasteiger partial charge on any atom is 0.256 e. The minimum atomic E-state index is -0.127. The molecule has 3 heterocycles. The molecule has 1 N–H and O–H groups in total. The second kappa shape index (κ2) is 5.28. The van der Waals surface area contributed by atoms with Crippen LogP contribution in [0.1, 0.15) is 32.1 Å². The number of aryl methyl sites for hydroxylation is 2. The predicted octanol–water partition coefficient (Wildman–Crippen LogP) is 3.60. The van der Waals surface area contributed by atoms with Crippen molar-refractivity contribution in [3.63, 3.8) is 0 Å². The number of carbonyl (C=O) groups is 1. The first-order valence-corrected chi connectivity index (χ1v) is 8.25. The van der Waals surface area contributed by atoms with Gasteiger partial charge in [0.05, 0.1) is 11.4 Å². The molecule has 0 atom stereocenters. The van der Waals surface area contributed by atoms with Crippen molar-refractivity contribution in [3.05, 3.63) is 63.7 Å². The summed E-state index contributed by atoms with van der Waals surface area (Å²) in [6, 6.07) is 11.6. The van der Waals surface area contributed by atoms with Crippen LogP contribution >= 0.6 is 11.3 Å². The average Bonchev–Trinajstić information content (AvgIpc) is 3.07. The summed E-state index contributed by atoms with van der Waals surface area (Å²) < 4.78 is 0. The zero-order chi connectivity index (χ0) is 16.0. The molecule has 0 bridgehead atoms. The summed E-state index contributed by atoms with van der Waals surface area (Å²) in [4.78, 5) is 23.5. The molecule has 23 heavy (non-hydrogen) atoms. The molecule has 0 aliphatic carbocycles. The lowest BCUT2D eigenvalue weighted by atomic mass is 10.1. The van der Waals surface area contributed by atoms with E-state index in [1.807, 2.05) is 44.2 Å². The number of hydrogen-bond donors (Lipinski definition) is 1. The number of fused-ring (bicyclic) bond motifs is 3. The van der Waals surface area contributed by atoms with Gasteiger partial charge in [0, 0.05) is 22.2 Å². The molecule has 2 aromatic heterocycles. The minimum absolute atomic E-state index is 0.127. The summed E-state index contributed by atoms with van der Waals surface area (Å²) in [6.07, 6.45) is 0. The van der Waals surface area contributed by atoms with Crippen molar-refractivity contribution in [3.8, 4) is 0 Å². The van der Waals surface area contributed by atoms with Crippen molar-refractivity contribution < 1.29 is 4.79 Å². The maximum atomic E-state index is 12.4. The van der Waals surface area contributed by atoms with Crippen LogP contribution in [0.15, 0.2) is 41.4 Å². The van der Waals surface area contributed by atoms with E-state index in [9.17, 15) is 4.79 Å². The number of nitrogens with one attached hydrogen (secondary N) is 1. The van der Waals surface area contributed by atoms with Crippen molar-refractivity contribution >= 4 is 33.3 Å². The molecular formula is C18H15N3OS. The molecule has 1 amide bonds. The number of thiophene rings is 1. The molecule has 4 nitrogen and oxygen atoms in total. The highest BCUT2D eigenvalue weighted by Crippen LogP contribution is 2.34. The maximum absolute atomic E-state index is 12.4. The van der Waals surface area contributed by atoms with Gasteiger partial charge in [-0.1, -0.05) is 17.7 Å². The fourth-order valence-electron chi connectivity index (χ4n) is 2.68. The molecule has 0 fully saturated rings. The number of carbonyl (C=O) groups excluding carboxylic acids is 1. The van der Waals surface area contributed by atoms with E-state index in [1.165, 1.54) is 0 Å². The third kappa shape index (κ3) is 2.43. The lowest BCUT2D eigenvalue weighted by Crippen LogP contribution is -2.29. The Kier molecular flexibility index (Phi) is 3.23. The molecular weight excluding hydrogens is 306 g/mol. The molecule has 5 heteroatoms. The van der Waals surface area contributed by atoms with E-state index < -0.39 is 0 Å². The van der Waals surface area contributed by atoms with Crippen LogP contribution in [-0.2, 0) is 6.54 Å². The molecule has 3 aromatic rings. The quantitative estimate of drug-likeness (QED) is 0.744. The number of amides is 1. The first-order chi connectivity index (χ1) is 11.1. The molecule has 114 valence electrons. The monoisotopic (exact) mass is 321 g/mol. The topological polar surface area (TPSA) is 54.4 Å². The summed E-state index contributed by atoms with van der Waals surface area (Å²) in [5.41, 5.74) is 3.94. The molecule has 0 radical (unpaired) electrons. The molecule has 1 aliphatic rings. The predicted molar refractivity (Wildman–Crippen MR) is 93.2 cm³/mol. The fraction of sp³-hybridized carbons (Fsp3) is 0.167. The second-order valence-corrected chi connectivity index (χ2v) is 6.70. The SMILES string of the molecule is Cc1ccc(C(=O)NC2=NCc3c2sc2nc(C)ccc32)cc1. The summed E-state index contributed by atoms with van der Waals surface area (Å²) in [5.74, 6) is 0.532. The van der Waals surface area contributed by atoms with E-state index in [1.54, 1.807) is 11.3 Å². The van der Waals surface area contributed by atoms with E-state index in [-0.39, 0.29) is 5.91 Å². The summed E-state index contributed by atoms with van der Waals surface area (Å²) in [5, 5.41) is 4.08. The number of aromatic nitrogens is 1. The van der Waals surface area contributed by atoms with E-state index >= 15 is 0 Å². The third-order valence-electron chi connectivity index (χ3n) is 3.95. The normalized spacial score (nSPS) is 13.0.